The summed E-state index contributed by atoms with van der Waals surface area (Å²) in [5.74, 6) is 0.499. The molecule has 1 aliphatic rings. The van der Waals surface area contributed by atoms with Gasteiger partial charge in [-0.2, -0.15) is 5.26 Å². The molecular weight excluding hydrogens is 290 g/mol. The third kappa shape index (κ3) is 1.98. The van der Waals surface area contributed by atoms with Crippen molar-refractivity contribution in [2.45, 2.75) is 38.7 Å². The molecule has 0 bridgehead atoms. The van der Waals surface area contributed by atoms with Crippen LogP contribution in [0.2, 0.25) is 0 Å². The Kier molecular flexibility index (Phi) is 3.53. The van der Waals surface area contributed by atoms with Gasteiger partial charge in [0.15, 0.2) is 0 Å². The monoisotopic (exact) mass is 307 g/mol. The Bertz CT molecular complexity index is 492. The molecule has 1 saturated carbocycles. The third-order valence-corrected chi connectivity index (χ3v) is 5.00. The molecule has 1 fully saturated rings. The Morgan fingerprint density at radius 1 is 1.50 bits per heavy atom. The molecule has 0 radical (unpaired) electrons. The highest BCUT2D eigenvalue weighted by molar-refractivity contribution is 9.10. The Hall–Kier alpha value is -0.850. The smallest absolute Gasteiger partial charge is 0.106 e. The molecule has 0 aliphatic heterocycles. The van der Waals surface area contributed by atoms with E-state index in [2.05, 4.69) is 28.9 Å². The summed E-state index contributed by atoms with van der Waals surface area (Å²) in [6.07, 6.45) is 2.53. The number of nitrogens with zero attached hydrogens (tertiary/aromatic N) is 1. The van der Waals surface area contributed by atoms with Gasteiger partial charge in [-0.25, -0.2) is 0 Å². The molecule has 3 unspecified atom stereocenters. The number of nitriles is 1. The minimum Gasteiger partial charge on any atom is -0.384 e. The van der Waals surface area contributed by atoms with Crippen molar-refractivity contribution in [2.75, 3.05) is 0 Å². The molecule has 1 aliphatic carbocycles. The van der Waals surface area contributed by atoms with Gasteiger partial charge in [0, 0.05) is 4.47 Å². The van der Waals surface area contributed by atoms with Gasteiger partial charge in [-0.05, 0) is 43.7 Å². The average molecular weight is 308 g/mol. The molecule has 18 heavy (non-hydrogen) atoms. The van der Waals surface area contributed by atoms with Crippen LogP contribution in [0.15, 0.2) is 28.7 Å². The third-order valence-electron chi connectivity index (χ3n) is 4.31. The van der Waals surface area contributed by atoms with Crippen molar-refractivity contribution in [3.8, 4) is 6.07 Å². The molecular formula is C15H18BrNO. The van der Waals surface area contributed by atoms with Crippen LogP contribution in [0.5, 0.6) is 0 Å². The number of halogens is 1. The standard InChI is InChI=1S/C15H18BrNO/c1-11-7-8-15(9-11,10-17)14(2,18)12-5-3-4-6-13(12)16/h3-6,11,18H,7-9H2,1-2H3. The highest BCUT2D eigenvalue weighted by Gasteiger charge is 2.52. The maximum atomic E-state index is 11.0. The SMILES string of the molecule is CC1CCC(C#N)(C(C)(O)c2ccccc2Br)C1. The van der Waals surface area contributed by atoms with E-state index in [1.165, 1.54) is 0 Å². The molecule has 2 nitrogen and oxygen atoms in total. The van der Waals surface area contributed by atoms with Crippen LogP contribution in [0.4, 0.5) is 0 Å². The fourth-order valence-corrected chi connectivity index (χ4v) is 3.73. The van der Waals surface area contributed by atoms with Gasteiger partial charge in [-0.3, -0.25) is 0 Å². The largest absolute Gasteiger partial charge is 0.384 e. The summed E-state index contributed by atoms with van der Waals surface area (Å²) in [5.41, 5.74) is -0.983. The summed E-state index contributed by atoms with van der Waals surface area (Å²) in [6.45, 7) is 3.92. The maximum absolute atomic E-state index is 11.0. The van der Waals surface area contributed by atoms with E-state index in [0.29, 0.717) is 5.92 Å². The minimum absolute atomic E-state index is 0.499. The Balaban J connectivity index is 2.48. The van der Waals surface area contributed by atoms with Gasteiger partial charge in [0.2, 0.25) is 0 Å². The number of benzene rings is 1. The van der Waals surface area contributed by atoms with E-state index in [9.17, 15) is 10.4 Å². The molecule has 0 heterocycles. The second kappa shape index (κ2) is 4.68. The lowest BCUT2D eigenvalue weighted by molar-refractivity contribution is -0.0444. The Labute approximate surface area is 117 Å². The topological polar surface area (TPSA) is 44.0 Å². The van der Waals surface area contributed by atoms with E-state index >= 15 is 0 Å². The van der Waals surface area contributed by atoms with E-state index in [1.807, 2.05) is 24.3 Å². The zero-order valence-electron chi connectivity index (χ0n) is 10.8. The van der Waals surface area contributed by atoms with Gasteiger partial charge in [-0.15, -0.1) is 0 Å². The van der Waals surface area contributed by atoms with Crippen LogP contribution < -0.4 is 0 Å². The lowest BCUT2D eigenvalue weighted by atomic mass is 9.68. The van der Waals surface area contributed by atoms with Gasteiger partial charge >= 0.3 is 0 Å². The van der Waals surface area contributed by atoms with Gasteiger partial charge in [0.25, 0.3) is 0 Å². The second-order valence-corrected chi connectivity index (χ2v) is 6.45. The first-order valence-corrected chi connectivity index (χ1v) is 7.11. The van der Waals surface area contributed by atoms with Gasteiger partial charge < -0.3 is 5.11 Å². The first-order valence-electron chi connectivity index (χ1n) is 6.31. The van der Waals surface area contributed by atoms with E-state index in [-0.39, 0.29) is 0 Å². The predicted octanol–water partition coefficient (Wildman–Crippen LogP) is 3.99. The molecule has 96 valence electrons. The second-order valence-electron chi connectivity index (χ2n) is 5.59. The van der Waals surface area contributed by atoms with Gasteiger partial charge in [0.05, 0.1) is 11.5 Å². The van der Waals surface area contributed by atoms with Crippen LogP contribution in [-0.2, 0) is 5.60 Å². The van der Waals surface area contributed by atoms with Crippen LogP contribution in [0.1, 0.15) is 38.7 Å². The summed E-state index contributed by atoms with van der Waals surface area (Å²) in [4.78, 5) is 0. The van der Waals surface area contributed by atoms with Crippen molar-refractivity contribution in [3.63, 3.8) is 0 Å². The van der Waals surface area contributed by atoms with Crippen molar-refractivity contribution in [1.82, 2.24) is 0 Å². The zero-order valence-corrected chi connectivity index (χ0v) is 12.4. The number of aliphatic hydroxyl groups is 1. The van der Waals surface area contributed by atoms with E-state index in [1.54, 1.807) is 6.92 Å². The fraction of sp³-hybridized carbons (Fsp3) is 0.533. The number of rotatable bonds is 2. The molecule has 1 aromatic carbocycles. The molecule has 0 aromatic heterocycles. The average Bonchev–Trinajstić information content (AvgIpc) is 2.73. The first kappa shape index (κ1) is 13.6. The van der Waals surface area contributed by atoms with Crippen LogP contribution in [-0.4, -0.2) is 5.11 Å². The normalized spacial score (nSPS) is 30.7. The minimum atomic E-state index is -1.12. The van der Waals surface area contributed by atoms with Gasteiger partial charge in [-0.1, -0.05) is 41.1 Å². The van der Waals surface area contributed by atoms with Crippen LogP contribution in [0.25, 0.3) is 0 Å². The quantitative estimate of drug-likeness (QED) is 0.898. The molecule has 0 amide bonds. The Morgan fingerprint density at radius 2 is 2.17 bits per heavy atom. The summed E-state index contributed by atoms with van der Waals surface area (Å²) in [5, 5.41) is 20.6. The van der Waals surface area contributed by atoms with Crippen LogP contribution in [0, 0.1) is 22.7 Å². The fourth-order valence-electron chi connectivity index (χ4n) is 3.06. The number of hydrogen-bond acceptors (Lipinski definition) is 2. The molecule has 0 saturated heterocycles. The van der Waals surface area contributed by atoms with E-state index in [0.717, 1.165) is 29.3 Å². The van der Waals surface area contributed by atoms with Crippen molar-refractivity contribution >= 4 is 15.9 Å². The highest BCUT2D eigenvalue weighted by atomic mass is 79.9. The molecule has 3 heteroatoms. The molecule has 3 atom stereocenters. The summed E-state index contributed by atoms with van der Waals surface area (Å²) >= 11 is 3.48. The van der Waals surface area contributed by atoms with Crippen molar-refractivity contribution in [1.29, 1.82) is 5.26 Å². The molecule has 1 N–H and O–H groups in total. The summed E-state index contributed by atoms with van der Waals surface area (Å²) in [6, 6.07) is 10.0. The molecule has 1 aromatic rings. The van der Waals surface area contributed by atoms with Crippen molar-refractivity contribution in [2.24, 2.45) is 11.3 Å². The lowest BCUT2D eigenvalue weighted by Gasteiger charge is -2.38. The van der Waals surface area contributed by atoms with Crippen LogP contribution >= 0.6 is 15.9 Å². The zero-order chi connectivity index (χ0) is 13.4. The van der Waals surface area contributed by atoms with Crippen molar-refractivity contribution < 1.29 is 5.11 Å². The van der Waals surface area contributed by atoms with E-state index < -0.39 is 11.0 Å². The lowest BCUT2D eigenvalue weighted by Crippen LogP contribution is -2.41. The maximum Gasteiger partial charge on any atom is 0.106 e. The summed E-state index contributed by atoms with van der Waals surface area (Å²) in [7, 11) is 0. The van der Waals surface area contributed by atoms with Gasteiger partial charge in [0.1, 0.15) is 5.60 Å². The molecule has 0 spiro atoms. The predicted molar refractivity (Wildman–Crippen MR) is 74.8 cm³/mol. The number of hydrogen-bond donors (Lipinski definition) is 1. The summed E-state index contributed by atoms with van der Waals surface area (Å²) < 4.78 is 0.865. The van der Waals surface area contributed by atoms with Crippen LogP contribution in [0.3, 0.4) is 0 Å². The first-order chi connectivity index (χ1) is 8.43. The van der Waals surface area contributed by atoms with Crippen molar-refractivity contribution in [3.05, 3.63) is 34.3 Å². The molecule has 2 rings (SSSR count). The highest BCUT2D eigenvalue weighted by Crippen LogP contribution is 2.53. The Morgan fingerprint density at radius 3 is 2.67 bits per heavy atom. The van der Waals surface area contributed by atoms with E-state index in [4.69, 9.17) is 0 Å².